The second kappa shape index (κ2) is 15.4. The Hall–Kier alpha value is -1.78. The largest absolute Gasteiger partial charge is 0.428 e. The number of nitrogens with one attached hydrogen (secondary N) is 1. The van der Waals surface area contributed by atoms with Crippen molar-refractivity contribution in [1.82, 2.24) is 5.32 Å². The molecule has 4 aliphatic rings. The summed E-state index contributed by atoms with van der Waals surface area (Å²) in [4.78, 5) is 67.4. The van der Waals surface area contributed by atoms with Crippen LogP contribution in [-0.2, 0) is 28.7 Å². The van der Waals surface area contributed by atoms with Crippen LogP contribution in [-0.4, -0.2) is 81.6 Å². The molecule has 11 atom stereocenters. The molecule has 11 nitrogen and oxygen atoms in total. The van der Waals surface area contributed by atoms with Crippen LogP contribution in [0.1, 0.15) is 105 Å². The van der Waals surface area contributed by atoms with E-state index in [1.165, 1.54) is 19.8 Å². The molecule has 47 heavy (non-hydrogen) atoms. The number of fused-ring (bicyclic) bond motifs is 5. The quantitative estimate of drug-likeness (QED) is 0.103. The van der Waals surface area contributed by atoms with Crippen LogP contribution in [0, 0.1) is 52.3 Å². The Kier molecular flexibility index (Phi) is 12.5. The summed E-state index contributed by atoms with van der Waals surface area (Å²) in [7, 11) is -3.42. The fourth-order valence-corrected chi connectivity index (χ4v) is 11.5. The van der Waals surface area contributed by atoms with Gasteiger partial charge < -0.3 is 34.8 Å². The predicted octanol–water partition coefficient (Wildman–Crippen LogP) is 3.80. The van der Waals surface area contributed by atoms with Crippen molar-refractivity contribution in [3.8, 4) is 0 Å². The number of aliphatic hydroxyl groups excluding tert-OH is 2. The van der Waals surface area contributed by atoms with E-state index >= 15 is 0 Å². The summed E-state index contributed by atoms with van der Waals surface area (Å²) in [6.45, 7) is 7.20. The number of amides is 1. The van der Waals surface area contributed by atoms with Crippen molar-refractivity contribution in [1.29, 1.82) is 0 Å². The Morgan fingerprint density at radius 3 is 2.32 bits per heavy atom. The van der Waals surface area contributed by atoms with Crippen LogP contribution in [0.2, 0.25) is 0 Å². The predicted molar refractivity (Wildman–Crippen MR) is 178 cm³/mol. The molecule has 0 saturated heterocycles. The van der Waals surface area contributed by atoms with Crippen LogP contribution < -0.4 is 5.32 Å². The molecule has 5 unspecified atom stereocenters. The number of esters is 2. The standard InChI is InChI=1S/C35H58NO10P/c1-21(6-12-31(40)36-18-33(42)46-20-45-32(41)13-7-23(22(2)37)19-47(5,43)44)27-10-11-28-26-9-8-24-16-25(38)14-15-34(24,3)29(26)17-30(39)35(27,28)4/h21,23-30,38-39,43-44H,5-20H2,1-4H3,(H,36,40)/t21-,23?,24-,25-,26?,27?,28?,29?,30+,34+,35-/m1/s1. The summed E-state index contributed by atoms with van der Waals surface area (Å²) in [5.74, 6) is -0.0915. The third-order valence-electron chi connectivity index (χ3n) is 13.0. The lowest BCUT2D eigenvalue weighted by Crippen LogP contribution is -2.58. The number of ether oxygens (including phenoxy) is 2. The number of hydrogen-bond donors (Lipinski definition) is 5. The smallest absolute Gasteiger partial charge is 0.328 e. The van der Waals surface area contributed by atoms with Crippen molar-refractivity contribution < 1.29 is 48.7 Å². The number of aliphatic hydroxyl groups is 2. The minimum absolute atomic E-state index is 0.0569. The van der Waals surface area contributed by atoms with Crippen LogP contribution in [0.15, 0.2) is 0 Å². The van der Waals surface area contributed by atoms with Crippen LogP contribution in [0.25, 0.3) is 0 Å². The maximum absolute atomic E-state index is 12.6. The first-order valence-electron chi connectivity index (χ1n) is 17.6. The monoisotopic (exact) mass is 683 g/mol. The first-order valence-corrected chi connectivity index (χ1v) is 19.6. The molecule has 1 amide bonds. The fourth-order valence-electron chi connectivity index (χ4n) is 10.3. The van der Waals surface area contributed by atoms with E-state index in [1.807, 2.05) is 0 Å². The van der Waals surface area contributed by atoms with E-state index in [-0.39, 0.29) is 72.6 Å². The number of Topliss-reactive ketones (excluding diaryl/α,β-unsaturated/α-hetero) is 1. The van der Waals surface area contributed by atoms with Gasteiger partial charge in [-0.15, -0.1) is 0 Å². The molecular weight excluding hydrogens is 625 g/mol. The van der Waals surface area contributed by atoms with Crippen LogP contribution >= 0.6 is 7.34 Å². The van der Waals surface area contributed by atoms with Gasteiger partial charge in [-0.3, -0.25) is 19.2 Å². The van der Waals surface area contributed by atoms with E-state index in [4.69, 9.17) is 9.47 Å². The lowest BCUT2D eigenvalue weighted by molar-refractivity contribution is -0.175. The Morgan fingerprint density at radius 2 is 1.64 bits per heavy atom. The zero-order valence-electron chi connectivity index (χ0n) is 28.7. The van der Waals surface area contributed by atoms with E-state index in [9.17, 15) is 39.2 Å². The second-order valence-corrected chi connectivity index (χ2v) is 17.9. The molecule has 4 aliphatic carbocycles. The van der Waals surface area contributed by atoms with Crippen LogP contribution in [0.3, 0.4) is 0 Å². The van der Waals surface area contributed by atoms with Crippen molar-refractivity contribution >= 4 is 37.3 Å². The van der Waals surface area contributed by atoms with E-state index in [2.05, 4.69) is 32.4 Å². The van der Waals surface area contributed by atoms with Gasteiger partial charge in [0.2, 0.25) is 12.7 Å². The number of hydrogen-bond acceptors (Lipinski definition) is 10. The summed E-state index contributed by atoms with van der Waals surface area (Å²) in [5, 5.41) is 24.7. The highest BCUT2D eigenvalue weighted by Crippen LogP contribution is 2.68. The topological polar surface area (TPSA) is 180 Å². The van der Waals surface area contributed by atoms with E-state index in [1.54, 1.807) is 0 Å². The summed E-state index contributed by atoms with van der Waals surface area (Å²) in [6.07, 6.45) is 11.4. The van der Waals surface area contributed by atoms with Crippen molar-refractivity contribution in [3.63, 3.8) is 0 Å². The maximum atomic E-state index is 12.6. The number of carbonyl (C=O) groups is 4. The summed E-state index contributed by atoms with van der Waals surface area (Å²) in [5.41, 5.74) is 0.0121. The Bertz CT molecular complexity index is 1200. The summed E-state index contributed by atoms with van der Waals surface area (Å²) >= 11 is 0. The van der Waals surface area contributed by atoms with Gasteiger partial charge >= 0.3 is 11.9 Å². The maximum Gasteiger partial charge on any atom is 0.328 e. The fraction of sp³-hybridized carbons (Fsp3) is 0.857. The van der Waals surface area contributed by atoms with Crippen molar-refractivity contribution in [3.05, 3.63) is 0 Å². The zero-order chi connectivity index (χ0) is 34.7. The van der Waals surface area contributed by atoms with Gasteiger partial charge in [-0.25, -0.2) is 0 Å². The van der Waals surface area contributed by atoms with E-state index in [0.29, 0.717) is 36.0 Å². The highest BCUT2D eigenvalue weighted by molar-refractivity contribution is 7.62. The van der Waals surface area contributed by atoms with Gasteiger partial charge in [0.1, 0.15) is 19.7 Å². The third kappa shape index (κ3) is 8.88. The SMILES string of the molecule is C=P(O)(O)CC(CCC(=O)OCOC(=O)CNC(=O)CC[C@@H](C)C1CCC2C3CC[C@@H]4C[C@H](O)CC[C@]4(C)C3C[C@H](O)[C@@]21C)C(C)=O. The molecule has 4 fully saturated rings. The molecule has 4 saturated carbocycles. The van der Waals surface area contributed by atoms with Crippen molar-refractivity contribution in [2.75, 3.05) is 19.5 Å². The Morgan fingerprint density at radius 1 is 0.936 bits per heavy atom. The van der Waals surface area contributed by atoms with Gasteiger partial charge in [0.15, 0.2) is 0 Å². The molecule has 0 aromatic heterocycles. The molecule has 0 radical (unpaired) electrons. The molecular formula is C35H58NO10P. The first kappa shape index (κ1) is 38.0. The lowest BCUT2D eigenvalue weighted by Gasteiger charge is -2.62. The van der Waals surface area contributed by atoms with Gasteiger partial charge in [0, 0.05) is 24.9 Å². The molecule has 5 N–H and O–H groups in total. The van der Waals surface area contributed by atoms with Crippen LogP contribution in [0.5, 0.6) is 0 Å². The van der Waals surface area contributed by atoms with E-state index in [0.717, 1.165) is 38.5 Å². The average molecular weight is 684 g/mol. The van der Waals surface area contributed by atoms with Crippen molar-refractivity contribution in [2.24, 2.45) is 52.3 Å². The van der Waals surface area contributed by atoms with Crippen LogP contribution in [0.4, 0.5) is 0 Å². The highest BCUT2D eigenvalue weighted by Gasteiger charge is 2.63. The average Bonchev–Trinajstić information content (AvgIpc) is 3.36. The van der Waals surface area contributed by atoms with Crippen molar-refractivity contribution in [2.45, 2.75) is 117 Å². The molecule has 268 valence electrons. The minimum atomic E-state index is -3.42. The Labute approximate surface area is 279 Å². The summed E-state index contributed by atoms with van der Waals surface area (Å²) in [6, 6.07) is 0. The number of rotatable bonds is 14. The molecule has 0 spiro atoms. The van der Waals surface area contributed by atoms with Gasteiger partial charge in [-0.05, 0) is 117 Å². The summed E-state index contributed by atoms with van der Waals surface area (Å²) < 4.78 is 9.77. The molecule has 4 rings (SSSR count). The van der Waals surface area contributed by atoms with Gasteiger partial charge in [-0.1, -0.05) is 27.1 Å². The number of carbonyl (C=O) groups excluding carboxylic acids is 4. The number of ketones is 1. The zero-order valence-corrected chi connectivity index (χ0v) is 29.6. The molecule has 12 heteroatoms. The highest BCUT2D eigenvalue weighted by atomic mass is 31.2. The second-order valence-electron chi connectivity index (χ2n) is 15.7. The molecule has 0 heterocycles. The van der Waals surface area contributed by atoms with Gasteiger partial charge in [-0.2, -0.15) is 0 Å². The molecule has 0 aromatic rings. The molecule has 0 bridgehead atoms. The van der Waals surface area contributed by atoms with Gasteiger partial charge in [0.05, 0.1) is 12.2 Å². The Balaban J connectivity index is 1.17. The first-order chi connectivity index (χ1) is 22.0. The van der Waals surface area contributed by atoms with E-state index < -0.39 is 32.0 Å². The normalized spacial score (nSPS) is 36.2. The lowest BCUT2D eigenvalue weighted by atomic mass is 9.43. The third-order valence-corrected chi connectivity index (χ3v) is 14.0. The minimum Gasteiger partial charge on any atom is -0.428 e. The molecule has 0 aliphatic heterocycles. The molecule has 0 aromatic carbocycles. The van der Waals surface area contributed by atoms with Gasteiger partial charge in [0.25, 0.3) is 0 Å².